The van der Waals surface area contributed by atoms with Gasteiger partial charge in [-0.1, -0.05) is 18.2 Å². The predicted octanol–water partition coefficient (Wildman–Crippen LogP) is 2.93. The molecule has 24 heavy (non-hydrogen) atoms. The van der Waals surface area contributed by atoms with Gasteiger partial charge in [-0.15, -0.1) is 0 Å². The standard InChI is InChI=1S/C18H25N3O3/c1-13-10-21(11-14(2)24-13)18(22)19-16-12-20(8-9-23-3)17-7-5-4-6-15(16)17/h4-7,12-14H,8-11H2,1-3H3,(H,19,22). The van der Waals surface area contributed by atoms with E-state index in [-0.39, 0.29) is 18.2 Å². The molecule has 2 aromatic rings. The molecule has 0 spiro atoms. The Labute approximate surface area is 142 Å². The fraction of sp³-hybridized carbons (Fsp3) is 0.500. The van der Waals surface area contributed by atoms with Gasteiger partial charge in [0.15, 0.2) is 0 Å². The molecule has 6 heteroatoms. The summed E-state index contributed by atoms with van der Waals surface area (Å²) < 4.78 is 13.0. The van der Waals surface area contributed by atoms with Crippen LogP contribution in [0.1, 0.15) is 13.8 Å². The summed E-state index contributed by atoms with van der Waals surface area (Å²) in [5, 5.41) is 4.10. The largest absolute Gasteiger partial charge is 0.383 e. The van der Waals surface area contributed by atoms with E-state index < -0.39 is 0 Å². The number of carbonyl (C=O) groups is 1. The van der Waals surface area contributed by atoms with E-state index in [1.54, 1.807) is 7.11 Å². The molecule has 1 aliphatic rings. The Morgan fingerprint density at radius 1 is 1.29 bits per heavy atom. The van der Waals surface area contributed by atoms with Crippen LogP contribution in [0.15, 0.2) is 30.5 Å². The molecule has 0 bridgehead atoms. The minimum absolute atomic E-state index is 0.0579. The minimum atomic E-state index is -0.0772. The van der Waals surface area contributed by atoms with Crippen molar-refractivity contribution >= 4 is 22.6 Å². The molecule has 2 heterocycles. The molecule has 1 saturated heterocycles. The Morgan fingerprint density at radius 3 is 2.71 bits per heavy atom. The molecular formula is C18H25N3O3. The van der Waals surface area contributed by atoms with Crippen molar-refractivity contribution in [3.05, 3.63) is 30.5 Å². The number of para-hydroxylation sites is 1. The first-order chi connectivity index (χ1) is 11.6. The lowest BCUT2D eigenvalue weighted by atomic mass is 10.2. The molecule has 2 atom stereocenters. The number of anilines is 1. The minimum Gasteiger partial charge on any atom is -0.383 e. The Bertz CT molecular complexity index is 703. The van der Waals surface area contributed by atoms with Gasteiger partial charge >= 0.3 is 6.03 Å². The molecule has 3 rings (SSSR count). The smallest absolute Gasteiger partial charge is 0.322 e. The van der Waals surface area contributed by atoms with Crippen LogP contribution in [0.4, 0.5) is 10.5 Å². The predicted molar refractivity (Wildman–Crippen MR) is 94.4 cm³/mol. The van der Waals surface area contributed by atoms with E-state index in [1.807, 2.05) is 43.1 Å². The lowest BCUT2D eigenvalue weighted by Crippen LogP contribution is -2.49. The van der Waals surface area contributed by atoms with E-state index in [9.17, 15) is 4.79 Å². The fourth-order valence-electron chi connectivity index (χ4n) is 3.26. The number of fused-ring (bicyclic) bond motifs is 1. The Hall–Kier alpha value is -2.05. The number of ether oxygens (including phenoxy) is 2. The number of aromatic nitrogens is 1. The Balaban J connectivity index is 1.80. The van der Waals surface area contributed by atoms with E-state index in [0.29, 0.717) is 19.7 Å². The van der Waals surface area contributed by atoms with Gasteiger partial charge in [-0.3, -0.25) is 0 Å². The molecular weight excluding hydrogens is 306 g/mol. The second-order valence-electron chi connectivity index (χ2n) is 6.34. The maximum Gasteiger partial charge on any atom is 0.322 e. The summed E-state index contributed by atoms with van der Waals surface area (Å²) in [6.07, 6.45) is 2.10. The van der Waals surface area contributed by atoms with E-state index in [4.69, 9.17) is 9.47 Å². The number of urea groups is 1. The molecule has 1 aromatic carbocycles. The maximum atomic E-state index is 12.7. The van der Waals surface area contributed by atoms with Crippen molar-refractivity contribution in [3.8, 4) is 0 Å². The second kappa shape index (κ2) is 7.23. The zero-order valence-corrected chi connectivity index (χ0v) is 14.5. The van der Waals surface area contributed by atoms with Gasteiger partial charge in [-0.25, -0.2) is 4.79 Å². The first-order valence-electron chi connectivity index (χ1n) is 8.36. The number of amides is 2. The van der Waals surface area contributed by atoms with Crippen LogP contribution in [-0.4, -0.2) is 54.5 Å². The van der Waals surface area contributed by atoms with Crippen molar-refractivity contribution in [1.29, 1.82) is 0 Å². The number of hydrogen-bond acceptors (Lipinski definition) is 3. The number of hydrogen-bond donors (Lipinski definition) is 1. The highest BCUT2D eigenvalue weighted by atomic mass is 16.5. The first kappa shape index (κ1) is 16.8. The molecule has 1 aliphatic heterocycles. The van der Waals surface area contributed by atoms with Crippen molar-refractivity contribution in [2.75, 3.05) is 32.1 Å². The SMILES string of the molecule is COCCn1cc(NC(=O)N2CC(C)OC(C)C2)c2ccccc21. The highest BCUT2D eigenvalue weighted by Crippen LogP contribution is 2.26. The summed E-state index contributed by atoms with van der Waals surface area (Å²) in [5.74, 6) is 0. The van der Waals surface area contributed by atoms with Crippen molar-refractivity contribution in [3.63, 3.8) is 0 Å². The van der Waals surface area contributed by atoms with Gasteiger partial charge in [0.2, 0.25) is 0 Å². The monoisotopic (exact) mass is 331 g/mol. The number of carbonyl (C=O) groups excluding carboxylic acids is 1. The van der Waals surface area contributed by atoms with Crippen LogP contribution in [-0.2, 0) is 16.0 Å². The lowest BCUT2D eigenvalue weighted by Gasteiger charge is -2.35. The van der Waals surface area contributed by atoms with Crippen LogP contribution in [0.5, 0.6) is 0 Å². The molecule has 2 unspecified atom stereocenters. The van der Waals surface area contributed by atoms with Gasteiger partial charge in [0.25, 0.3) is 0 Å². The van der Waals surface area contributed by atoms with Gasteiger partial charge in [0, 0.05) is 38.3 Å². The molecule has 1 aromatic heterocycles. The quantitative estimate of drug-likeness (QED) is 0.937. The van der Waals surface area contributed by atoms with Gasteiger partial charge < -0.3 is 24.3 Å². The molecule has 130 valence electrons. The van der Waals surface area contributed by atoms with Crippen molar-refractivity contribution in [2.45, 2.75) is 32.6 Å². The summed E-state index contributed by atoms with van der Waals surface area (Å²) in [6, 6.07) is 7.99. The van der Waals surface area contributed by atoms with E-state index in [2.05, 4.69) is 16.0 Å². The number of benzene rings is 1. The van der Waals surface area contributed by atoms with Gasteiger partial charge in [-0.2, -0.15) is 0 Å². The highest BCUT2D eigenvalue weighted by molar-refractivity contribution is 6.01. The molecule has 0 aliphatic carbocycles. The molecule has 0 saturated carbocycles. The molecule has 6 nitrogen and oxygen atoms in total. The van der Waals surface area contributed by atoms with E-state index in [0.717, 1.165) is 23.1 Å². The van der Waals surface area contributed by atoms with Crippen LogP contribution in [0.2, 0.25) is 0 Å². The zero-order chi connectivity index (χ0) is 17.1. The van der Waals surface area contributed by atoms with Crippen LogP contribution in [0.25, 0.3) is 10.9 Å². The van der Waals surface area contributed by atoms with Crippen LogP contribution >= 0.6 is 0 Å². The van der Waals surface area contributed by atoms with Crippen molar-refractivity contribution in [1.82, 2.24) is 9.47 Å². The Morgan fingerprint density at radius 2 is 2.00 bits per heavy atom. The Kier molecular flexibility index (Phi) is 5.06. The van der Waals surface area contributed by atoms with E-state index in [1.165, 1.54) is 0 Å². The normalized spacial score (nSPS) is 21.2. The maximum absolute atomic E-state index is 12.7. The van der Waals surface area contributed by atoms with Crippen LogP contribution in [0.3, 0.4) is 0 Å². The third-order valence-corrected chi connectivity index (χ3v) is 4.27. The van der Waals surface area contributed by atoms with Gasteiger partial charge in [0.05, 0.1) is 30.0 Å². The zero-order valence-electron chi connectivity index (χ0n) is 14.5. The van der Waals surface area contributed by atoms with Gasteiger partial charge in [0.1, 0.15) is 0 Å². The van der Waals surface area contributed by atoms with Crippen LogP contribution < -0.4 is 5.32 Å². The summed E-state index contributed by atoms with van der Waals surface area (Å²) in [6.45, 7) is 6.58. The first-order valence-corrected chi connectivity index (χ1v) is 8.36. The number of nitrogens with one attached hydrogen (secondary N) is 1. The second-order valence-corrected chi connectivity index (χ2v) is 6.34. The van der Waals surface area contributed by atoms with E-state index >= 15 is 0 Å². The summed E-state index contributed by atoms with van der Waals surface area (Å²) in [7, 11) is 1.69. The third-order valence-electron chi connectivity index (χ3n) is 4.27. The molecule has 1 fully saturated rings. The number of nitrogens with zero attached hydrogens (tertiary/aromatic N) is 2. The number of methoxy groups -OCH3 is 1. The van der Waals surface area contributed by atoms with Gasteiger partial charge in [-0.05, 0) is 19.9 Å². The third kappa shape index (κ3) is 3.55. The highest BCUT2D eigenvalue weighted by Gasteiger charge is 2.26. The molecule has 2 amide bonds. The summed E-state index contributed by atoms with van der Waals surface area (Å²) in [4.78, 5) is 14.5. The topological polar surface area (TPSA) is 55.7 Å². The van der Waals surface area contributed by atoms with Crippen molar-refractivity contribution < 1.29 is 14.3 Å². The van der Waals surface area contributed by atoms with Crippen molar-refractivity contribution in [2.24, 2.45) is 0 Å². The average molecular weight is 331 g/mol. The van der Waals surface area contributed by atoms with Crippen LogP contribution in [0, 0.1) is 0 Å². The average Bonchev–Trinajstić information content (AvgIpc) is 2.90. The molecule has 0 radical (unpaired) electrons. The number of rotatable bonds is 4. The molecule has 1 N–H and O–H groups in total. The summed E-state index contributed by atoms with van der Waals surface area (Å²) in [5.41, 5.74) is 1.92. The lowest BCUT2D eigenvalue weighted by molar-refractivity contribution is -0.0530. The fourth-order valence-corrected chi connectivity index (χ4v) is 3.26. The summed E-state index contributed by atoms with van der Waals surface area (Å²) >= 11 is 0. The number of morpholine rings is 1.